The third kappa shape index (κ3) is 7.05. The number of anilines is 1. The molecule has 202 valence electrons. The lowest BCUT2D eigenvalue weighted by molar-refractivity contribution is -0.121. The van der Waals surface area contributed by atoms with Crippen molar-refractivity contribution in [2.45, 2.75) is 43.5 Å². The van der Waals surface area contributed by atoms with Crippen LogP contribution in [0.15, 0.2) is 52.4 Å². The summed E-state index contributed by atoms with van der Waals surface area (Å²) in [5, 5.41) is 6.65. The van der Waals surface area contributed by atoms with E-state index in [1.165, 1.54) is 18.9 Å². The van der Waals surface area contributed by atoms with Crippen molar-refractivity contribution >= 4 is 40.2 Å². The van der Waals surface area contributed by atoms with E-state index in [1.807, 2.05) is 6.07 Å². The summed E-state index contributed by atoms with van der Waals surface area (Å²) in [6.07, 6.45) is 2.79. The van der Waals surface area contributed by atoms with Crippen molar-refractivity contribution in [1.82, 2.24) is 14.9 Å². The summed E-state index contributed by atoms with van der Waals surface area (Å²) in [7, 11) is 3.07. The van der Waals surface area contributed by atoms with Gasteiger partial charge in [-0.05, 0) is 43.5 Å². The van der Waals surface area contributed by atoms with Crippen LogP contribution in [0.4, 0.5) is 5.69 Å². The van der Waals surface area contributed by atoms with E-state index in [0.717, 1.165) is 19.4 Å². The van der Waals surface area contributed by atoms with Crippen molar-refractivity contribution in [2.24, 2.45) is 0 Å². The molecule has 38 heavy (non-hydrogen) atoms. The first-order valence-electron chi connectivity index (χ1n) is 12.5. The maximum absolute atomic E-state index is 13.3. The highest BCUT2D eigenvalue weighted by atomic mass is 32.2. The van der Waals surface area contributed by atoms with E-state index >= 15 is 0 Å². The highest BCUT2D eigenvalue weighted by Crippen LogP contribution is 2.29. The zero-order valence-electron chi connectivity index (χ0n) is 21.5. The van der Waals surface area contributed by atoms with Gasteiger partial charge >= 0.3 is 0 Å². The summed E-state index contributed by atoms with van der Waals surface area (Å²) >= 11 is 1.17. The molecule has 0 bridgehead atoms. The van der Waals surface area contributed by atoms with Gasteiger partial charge in [0.15, 0.2) is 5.16 Å². The fraction of sp³-hybridized carbons (Fsp3) is 0.407. The van der Waals surface area contributed by atoms with Gasteiger partial charge in [-0.3, -0.25) is 19.0 Å². The number of carbonyl (C=O) groups is 2. The number of hydrogen-bond acceptors (Lipinski definition) is 8. The van der Waals surface area contributed by atoms with Gasteiger partial charge in [-0.15, -0.1) is 0 Å². The van der Waals surface area contributed by atoms with Gasteiger partial charge in [0, 0.05) is 32.2 Å². The molecule has 1 saturated heterocycles. The second-order valence-electron chi connectivity index (χ2n) is 8.81. The van der Waals surface area contributed by atoms with Gasteiger partial charge in [-0.1, -0.05) is 23.9 Å². The molecule has 0 spiro atoms. The first-order chi connectivity index (χ1) is 18.5. The Morgan fingerprint density at radius 3 is 2.76 bits per heavy atom. The standard InChI is InChI=1S/C27H32N4O6S/c1-35-18-11-12-22(23(15-18)36-2)29-25(33)17-38-27-30-21-9-4-3-8-20(21)26(34)31(27)13-5-10-24(32)28-16-19-7-6-14-37-19/h3-4,8-9,11-12,15,19H,5-7,10,13-14,16-17H2,1-2H3,(H,28,32)(H,29,33)/t19-/m1/s1. The fourth-order valence-corrected chi connectivity index (χ4v) is 5.02. The van der Waals surface area contributed by atoms with E-state index in [4.69, 9.17) is 14.2 Å². The first kappa shape index (κ1) is 27.5. The van der Waals surface area contributed by atoms with Gasteiger partial charge in [-0.25, -0.2) is 4.98 Å². The lowest BCUT2D eigenvalue weighted by Gasteiger charge is -2.14. The number of benzene rings is 2. The molecular formula is C27H32N4O6S. The molecule has 11 heteroatoms. The number of amides is 2. The molecule has 1 atom stereocenters. The molecule has 10 nitrogen and oxygen atoms in total. The minimum Gasteiger partial charge on any atom is -0.497 e. The predicted octanol–water partition coefficient (Wildman–Crippen LogP) is 3.22. The third-order valence-corrected chi connectivity index (χ3v) is 7.15. The molecule has 1 aliphatic rings. The Morgan fingerprint density at radius 2 is 2.00 bits per heavy atom. The Kier molecular flexibility index (Phi) is 9.61. The minimum atomic E-state index is -0.277. The minimum absolute atomic E-state index is 0.0296. The topological polar surface area (TPSA) is 121 Å². The maximum atomic E-state index is 13.3. The maximum Gasteiger partial charge on any atom is 0.262 e. The van der Waals surface area contributed by atoms with Crippen LogP contribution in [-0.2, 0) is 20.9 Å². The van der Waals surface area contributed by atoms with E-state index in [9.17, 15) is 14.4 Å². The van der Waals surface area contributed by atoms with E-state index in [2.05, 4.69) is 15.6 Å². The van der Waals surface area contributed by atoms with Gasteiger partial charge < -0.3 is 24.8 Å². The summed E-state index contributed by atoms with van der Waals surface area (Å²) in [6.45, 7) is 1.55. The van der Waals surface area contributed by atoms with Crippen LogP contribution in [0.2, 0.25) is 0 Å². The van der Waals surface area contributed by atoms with E-state index in [0.29, 0.717) is 52.8 Å². The van der Waals surface area contributed by atoms with Crippen molar-refractivity contribution in [3.05, 3.63) is 52.8 Å². The zero-order valence-corrected chi connectivity index (χ0v) is 22.3. The number of nitrogens with zero attached hydrogens (tertiary/aromatic N) is 2. The summed E-state index contributed by atoms with van der Waals surface area (Å²) in [5.41, 5.74) is 0.870. The van der Waals surface area contributed by atoms with Crippen LogP contribution >= 0.6 is 11.8 Å². The number of hydrogen-bond donors (Lipinski definition) is 2. The predicted molar refractivity (Wildman–Crippen MR) is 146 cm³/mol. The number of nitrogens with one attached hydrogen (secondary N) is 2. The van der Waals surface area contributed by atoms with Crippen LogP contribution < -0.4 is 25.7 Å². The highest BCUT2D eigenvalue weighted by molar-refractivity contribution is 7.99. The number of ether oxygens (including phenoxy) is 3. The molecule has 0 radical (unpaired) electrons. The molecule has 0 aliphatic carbocycles. The van der Waals surface area contributed by atoms with Crippen molar-refractivity contribution < 1.29 is 23.8 Å². The SMILES string of the molecule is COc1ccc(NC(=O)CSc2nc3ccccc3c(=O)n2CCCC(=O)NC[C@H]2CCCO2)c(OC)c1. The van der Waals surface area contributed by atoms with Crippen LogP contribution in [0.5, 0.6) is 11.5 Å². The molecule has 2 amide bonds. The Morgan fingerprint density at radius 1 is 1.16 bits per heavy atom. The van der Waals surface area contributed by atoms with Crippen LogP contribution in [0.1, 0.15) is 25.7 Å². The van der Waals surface area contributed by atoms with Crippen LogP contribution in [0.3, 0.4) is 0 Å². The van der Waals surface area contributed by atoms with Gasteiger partial charge in [0.05, 0.1) is 42.7 Å². The van der Waals surface area contributed by atoms with Crippen LogP contribution in [0.25, 0.3) is 10.9 Å². The summed E-state index contributed by atoms with van der Waals surface area (Å²) in [6, 6.07) is 12.2. The lowest BCUT2D eigenvalue weighted by Crippen LogP contribution is -2.32. The van der Waals surface area contributed by atoms with Crippen molar-refractivity contribution in [2.75, 3.05) is 38.4 Å². The van der Waals surface area contributed by atoms with E-state index in [1.54, 1.807) is 48.1 Å². The zero-order chi connectivity index (χ0) is 26.9. The first-order valence-corrected chi connectivity index (χ1v) is 13.5. The summed E-state index contributed by atoms with van der Waals surface area (Å²) < 4.78 is 17.6. The molecule has 2 aromatic carbocycles. The van der Waals surface area contributed by atoms with Crippen LogP contribution in [-0.4, -0.2) is 60.6 Å². The largest absolute Gasteiger partial charge is 0.497 e. The summed E-state index contributed by atoms with van der Waals surface area (Å²) in [4.78, 5) is 43.0. The molecule has 1 aliphatic heterocycles. The van der Waals surface area contributed by atoms with Gasteiger partial charge in [0.1, 0.15) is 11.5 Å². The average molecular weight is 541 g/mol. The fourth-order valence-electron chi connectivity index (χ4n) is 4.19. The van der Waals surface area contributed by atoms with Crippen LogP contribution in [0, 0.1) is 0 Å². The third-order valence-electron chi connectivity index (χ3n) is 6.18. The second kappa shape index (κ2) is 13.3. The summed E-state index contributed by atoms with van der Waals surface area (Å²) in [5.74, 6) is 0.757. The quantitative estimate of drug-likeness (QED) is 0.265. The van der Waals surface area contributed by atoms with Crippen molar-refractivity contribution in [3.8, 4) is 11.5 Å². The Hall–Kier alpha value is -3.57. The number of carbonyl (C=O) groups excluding carboxylic acids is 2. The molecule has 3 aromatic rings. The molecule has 2 N–H and O–H groups in total. The van der Waals surface area contributed by atoms with E-state index in [-0.39, 0.29) is 35.7 Å². The number of aromatic nitrogens is 2. The number of rotatable bonds is 12. The number of methoxy groups -OCH3 is 2. The molecule has 1 fully saturated rings. The number of para-hydroxylation sites is 1. The number of fused-ring (bicyclic) bond motifs is 1. The monoisotopic (exact) mass is 540 g/mol. The molecule has 1 aromatic heterocycles. The molecule has 0 saturated carbocycles. The van der Waals surface area contributed by atoms with Gasteiger partial charge in [0.2, 0.25) is 11.8 Å². The highest BCUT2D eigenvalue weighted by Gasteiger charge is 2.17. The van der Waals surface area contributed by atoms with E-state index < -0.39 is 0 Å². The normalized spacial score (nSPS) is 14.8. The van der Waals surface area contributed by atoms with Crippen molar-refractivity contribution in [3.63, 3.8) is 0 Å². The lowest BCUT2D eigenvalue weighted by atomic mass is 10.2. The molecule has 4 rings (SSSR count). The Balaban J connectivity index is 1.41. The van der Waals surface area contributed by atoms with Gasteiger partial charge in [-0.2, -0.15) is 0 Å². The second-order valence-corrected chi connectivity index (χ2v) is 9.76. The van der Waals surface area contributed by atoms with Crippen molar-refractivity contribution in [1.29, 1.82) is 0 Å². The number of thioether (sulfide) groups is 1. The Bertz CT molecular complexity index is 1340. The average Bonchev–Trinajstić information content (AvgIpc) is 3.46. The molecular weight excluding hydrogens is 508 g/mol. The van der Waals surface area contributed by atoms with Gasteiger partial charge in [0.25, 0.3) is 5.56 Å². The molecule has 0 unspecified atom stereocenters. The Labute approximate surface area is 225 Å². The molecule has 2 heterocycles. The smallest absolute Gasteiger partial charge is 0.262 e.